The van der Waals surface area contributed by atoms with Gasteiger partial charge in [-0.05, 0) is 68.8 Å². The van der Waals surface area contributed by atoms with E-state index in [9.17, 15) is 4.79 Å². The quantitative estimate of drug-likeness (QED) is 0.561. The van der Waals surface area contributed by atoms with Crippen LogP contribution >= 0.6 is 0 Å². The van der Waals surface area contributed by atoms with Gasteiger partial charge in [-0.3, -0.25) is 0 Å². The highest BCUT2D eigenvalue weighted by molar-refractivity contribution is 5.92. The van der Waals surface area contributed by atoms with Crippen molar-refractivity contribution in [3.05, 3.63) is 65.5 Å². The van der Waals surface area contributed by atoms with E-state index >= 15 is 0 Å². The van der Waals surface area contributed by atoms with Crippen molar-refractivity contribution in [3.63, 3.8) is 0 Å². The molecule has 0 spiro atoms. The highest BCUT2D eigenvalue weighted by Gasteiger charge is 2.21. The third-order valence-electron chi connectivity index (χ3n) is 4.19. The first-order valence-corrected chi connectivity index (χ1v) is 8.31. The van der Waals surface area contributed by atoms with Gasteiger partial charge in [-0.25, -0.2) is 4.79 Å². The smallest absolute Gasteiger partial charge is 0.338 e. The topological polar surface area (TPSA) is 66.0 Å². The molecule has 130 valence electrons. The molecule has 0 bridgehead atoms. The van der Waals surface area contributed by atoms with E-state index < -0.39 is 0 Å². The van der Waals surface area contributed by atoms with Gasteiger partial charge in [0.25, 0.3) is 0 Å². The molecule has 5 nitrogen and oxygen atoms in total. The van der Waals surface area contributed by atoms with Crippen LogP contribution in [0.4, 0.5) is 5.69 Å². The van der Waals surface area contributed by atoms with Crippen molar-refractivity contribution in [3.8, 4) is 5.75 Å². The largest absolute Gasteiger partial charge is 0.484 e. The molecule has 3 rings (SSSR count). The summed E-state index contributed by atoms with van der Waals surface area (Å²) in [5, 5.41) is 0. The van der Waals surface area contributed by atoms with Crippen LogP contribution in [0.15, 0.2) is 48.7 Å². The van der Waals surface area contributed by atoms with E-state index in [4.69, 9.17) is 15.2 Å². The average molecular weight is 338 g/mol. The Morgan fingerprint density at radius 1 is 1.24 bits per heavy atom. The Bertz CT molecular complexity index is 897. The number of carbonyl (C=O) groups is 1. The number of anilines is 1. The third-order valence-corrected chi connectivity index (χ3v) is 4.19. The van der Waals surface area contributed by atoms with E-state index in [1.807, 2.05) is 54.8 Å². The number of rotatable bonds is 5. The molecule has 2 heterocycles. The lowest BCUT2D eigenvalue weighted by atomic mass is 10.0. The monoisotopic (exact) mass is 338 g/mol. The first-order chi connectivity index (χ1) is 12.0. The van der Waals surface area contributed by atoms with Crippen LogP contribution in [0.5, 0.6) is 5.75 Å². The van der Waals surface area contributed by atoms with Gasteiger partial charge in [-0.2, -0.15) is 0 Å². The molecule has 0 saturated carbocycles. The van der Waals surface area contributed by atoms with Crippen LogP contribution in [0.25, 0.3) is 5.52 Å². The summed E-state index contributed by atoms with van der Waals surface area (Å²) < 4.78 is 13.3. The van der Waals surface area contributed by atoms with Gasteiger partial charge >= 0.3 is 5.97 Å². The van der Waals surface area contributed by atoms with Gasteiger partial charge in [-0.15, -0.1) is 0 Å². The van der Waals surface area contributed by atoms with E-state index in [0.717, 1.165) is 22.5 Å². The molecule has 0 aliphatic rings. The van der Waals surface area contributed by atoms with Crippen LogP contribution in [0.2, 0.25) is 0 Å². The second kappa shape index (κ2) is 6.89. The highest BCUT2D eigenvalue weighted by atomic mass is 16.5. The fourth-order valence-corrected chi connectivity index (χ4v) is 3.03. The SMILES string of the molecule is CCOC(=O)c1cc2cccn2c(C(C)Oc2ccc(N)cc2)c1C. The molecule has 1 atom stereocenters. The molecule has 25 heavy (non-hydrogen) atoms. The van der Waals surface area contributed by atoms with Crippen LogP contribution in [-0.2, 0) is 4.74 Å². The molecular formula is C20H22N2O3. The molecule has 2 N–H and O–H groups in total. The van der Waals surface area contributed by atoms with Gasteiger partial charge in [0.1, 0.15) is 11.9 Å². The Hall–Kier alpha value is -2.95. The van der Waals surface area contributed by atoms with Crippen LogP contribution in [0, 0.1) is 6.92 Å². The Labute approximate surface area is 147 Å². The lowest BCUT2D eigenvalue weighted by molar-refractivity contribution is 0.0525. The summed E-state index contributed by atoms with van der Waals surface area (Å²) in [7, 11) is 0. The van der Waals surface area contributed by atoms with E-state index in [2.05, 4.69) is 0 Å². The Morgan fingerprint density at radius 3 is 2.64 bits per heavy atom. The standard InChI is InChI=1S/C20H22N2O3/c1-4-24-20(23)18-12-16-6-5-11-22(16)19(13(18)2)14(3)25-17-9-7-15(21)8-10-17/h5-12,14H,4,21H2,1-3H3. The van der Waals surface area contributed by atoms with Gasteiger partial charge < -0.3 is 19.6 Å². The molecule has 0 amide bonds. The summed E-state index contributed by atoms with van der Waals surface area (Å²) in [6.07, 6.45) is 1.71. The van der Waals surface area contributed by atoms with Gasteiger partial charge in [0.05, 0.1) is 17.9 Å². The minimum atomic E-state index is -0.315. The average Bonchev–Trinajstić information content (AvgIpc) is 3.04. The number of ether oxygens (including phenoxy) is 2. The van der Waals surface area contributed by atoms with E-state index in [-0.39, 0.29) is 12.1 Å². The molecule has 0 aliphatic heterocycles. The molecule has 1 aromatic carbocycles. The Morgan fingerprint density at radius 2 is 1.96 bits per heavy atom. The summed E-state index contributed by atoms with van der Waals surface area (Å²) in [5.41, 5.74) is 9.68. The first kappa shape index (κ1) is 16.9. The van der Waals surface area contributed by atoms with Crippen molar-refractivity contribution in [1.29, 1.82) is 0 Å². The second-order valence-electron chi connectivity index (χ2n) is 5.92. The van der Waals surface area contributed by atoms with Gasteiger partial charge in [0, 0.05) is 17.4 Å². The number of nitrogens with zero attached hydrogens (tertiary/aromatic N) is 1. The van der Waals surface area contributed by atoms with Crippen LogP contribution in [0.3, 0.4) is 0 Å². The number of esters is 1. The van der Waals surface area contributed by atoms with Crippen molar-refractivity contribution in [2.75, 3.05) is 12.3 Å². The van der Waals surface area contributed by atoms with E-state index in [1.54, 1.807) is 19.1 Å². The molecule has 2 aromatic heterocycles. The van der Waals surface area contributed by atoms with Crippen molar-refractivity contribution in [2.45, 2.75) is 26.9 Å². The summed E-state index contributed by atoms with van der Waals surface area (Å²) >= 11 is 0. The van der Waals surface area contributed by atoms with Crippen LogP contribution < -0.4 is 10.5 Å². The van der Waals surface area contributed by atoms with Crippen molar-refractivity contribution >= 4 is 17.2 Å². The van der Waals surface area contributed by atoms with Crippen molar-refractivity contribution in [2.24, 2.45) is 0 Å². The lowest BCUT2D eigenvalue weighted by Gasteiger charge is -2.21. The predicted molar refractivity (Wildman–Crippen MR) is 98.0 cm³/mol. The lowest BCUT2D eigenvalue weighted by Crippen LogP contribution is -2.15. The Balaban J connectivity index is 2.04. The minimum Gasteiger partial charge on any atom is -0.484 e. The predicted octanol–water partition coefficient (Wildman–Crippen LogP) is 4.15. The molecule has 0 radical (unpaired) electrons. The molecule has 0 fully saturated rings. The number of pyridine rings is 1. The minimum absolute atomic E-state index is 0.257. The number of aromatic nitrogens is 1. The number of fused-ring (bicyclic) bond motifs is 1. The molecule has 0 saturated heterocycles. The molecule has 1 unspecified atom stereocenters. The number of carbonyl (C=O) groups excluding carboxylic acids is 1. The zero-order valence-electron chi connectivity index (χ0n) is 14.7. The van der Waals surface area contributed by atoms with Gasteiger partial charge in [0.2, 0.25) is 0 Å². The Kier molecular flexibility index (Phi) is 4.65. The van der Waals surface area contributed by atoms with Crippen molar-refractivity contribution in [1.82, 2.24) is 4.40 Å². The number of hydrogen-bond acceptors (Lipinski definition) is 4. The molecule has 5 heteroatoms. The van der Waals surface area contributed by atoms with Crippen LogP contribution in [0.1, 0.15) is 41.6 Å². The zero-order chi connectivity index (χ0) is 18.0. The highest BCUT2D eigenvalue weighted by Crippen LogP contribution is 2.28. The van der Waals surface area contributed by atoms with Crippen molar-refractivity contribution < 1.29 is 14.3 Å². The number of nitrogen functional groups attached to an aromatic ring is 1. The number of nitrogens with two attached hydrogens (primary N) is 1. The summed E-state index contributed by atoms with van der Waals surface area (Å²) in [6.45, 7) is 6.03. The second-order valence-corrected chi connectivity index (χ2v) is 5.92. The summed E-state index contributed by atoms with van der Waals surface area (Å²) in [5.74, 6) is 0.410. The first-order valence-electron chi connectivity index (χ1n) is 8.31. The molecule has 0 aliphatic carbocycles. The maximum Gasteiger partial charge on any atom is 0.338 e. The number of benzene rings is 1. The van der Waals surface area contributed by atoms with Gasteiger partial charge in [0.15, 0.2) is 0 Å². The molecular weight excluding hydrogens is 316 g/mol. The van der Waals surface area contributed by atoms with Crippen LogP contribution in [-0.4, -0.2) is 17.0 Å². The van der Waals surface area contributed by atoms with Gasteiger partial charge in [-0.1, -0.05) is 0 Å². The zero-order valence-corrected chi connectivity index (χ0v) is 14.7. The number of hydrogen-bond donors (Lipinski definition) is 1. The van der Waals surface area contributed by atoms with E-state index in [0.29, 0.717) is 17.9 Å². The third kappa shape index (κ3) is 3.31. The van der Waals surface area contributed by atoms with E-state index in [1.165, 1.54) is 0 Å². The molecule has 3 aromatic rings. The normalized spacial score (nSPS) is 12.1. The fourth-order valence-electron chi connectivity index (χ4n) is 3.03. The maximum atomic E-state index is 12.3. The fraction of sp³-hybridized carbons (Fsp3) is 0.250. The summed E-state index contributed by atoms with van der Waals surface area (Å²) in [6, 6.07) is 13.0. The summed E-state index contributed by atoms with van der Waals surface area (Å²) in [4.78, 5) is 12.3. The maximum absolute atomic E-state index is 12.3.